The lowest BCUT2D eigenvalue weighted by Crippen LogP contribution is -2.42. The molecule has 7 atom stereocenters. The fraction of sp³-hybridized carbons (Fsp3) is 0.750. The number of alkyl halides is 5. The van der Waals surface area contributed by atoms with Crippen LogP contribution >= 0.6 is 0 Å². The second-order valence-corrected chi connectivity index (χ2v) is 12.7. The van der Waals surface area contributed by atoms with Crippen LogP contribution in [0.15, 0.2) is 47.6 Å². The van der Waals surface area contributed by atoms with E-state index in [0.717, 1.165) is 37.3 Å². The van der Waals surface area contributed by atoms with Crippen molar-refractivity contribution in [2.24, 2.45) is 22.7 Å². The SMILES string of the molecule is [2H]C([2H])([2H])C(O)(CCC[C@](C)(CC=CC(O)(F)C(F)(F)F)[C@H]1CCC2C(=CC=C3C[C@@H](O)C[C@H](F)C3=C)CCC[C@@]21C)C([2H])([2H])[2H]. The van der Waals surface area contributed by atoms with E-state index in [0.29, 0.717) is 17.6 Å². The number of aliphatic hydroxyl groups is 3. The highest BCUT2D eigenvalue weighted by Crippen LogP contribution is 2.64. The van der Waals surface area contributed by atoms with E-state index in [1.54, 1.807) is 13.0 Å². The van der Waals surface area contributed by atoms with Crippen LogP contribution in [0.2, 0.25) is 0 Å². The van der Waals surface area contributed by atoms with Gasteiger partial charge in [0.15, 0.2) is 0 Å². The van der Waals surface area contributed by atoms with Crippen molar-refractivity contribution in [3.8, 4) is 0 Å². The highest BCUT2D eigenvalue weighted by Gasteiger charge is 2.56. The lowest BCUT2D eigenvalue weighted by molar-refractivity contribution is -0.290. The summed E-state index contributed by atoms with van der Waals surface area (Å²) in [6.45, 7) is 1.26. The van der Waals surface area contributed by atoms with E-state index in [1.807, 2.05) is 6.08 Å². The maximum absolute atomic E-state index is 14.3. The van der Waals surface area contributed by atoms with Gasteiger partial charge in [0.2, 0.25) is 0 Å². The van der Waals surface area contributed by atoms with E-state index in [1.165, 1.54) is 0 Å². The van der Waals surface area contributed by atoms with Crippen molar-refractivity contribution >= 4 is 0 Å². The van der Waals surface area contributed by atoms with Crippen LogP contribution in [0.25, 0.3) is 0 Å². The molecule has 228 valence electrons. The Balaban J connectivity index is 1.95. The first kappa shape index (κ1) is 25.0. The second-order valence-electron chi connectivity index (χ2n) is 12.7. The normalized spacial score (nSPS) is 38.1. The summed E-state index contributed by atoms with van der Waals surface area (Å²) in [6.07, 6.45) is 0.290. The van der Waals surface area contributed by atoms with Gasteiger partial charge in [-0.25, -0.2) is 4.39 Å². The Bertz CT molecular complexity index is 1190. The van der Waals surface area contributed by atoms with Crippen molar-refractivity contribution in [3.63, 3.8) is 0 Å². The summed E-state index contributed by atoms with van der Waals surface area (Å²) in [4.78, 5) is 0. The van der Waals surface area contributed by atoms with E-state index >= 15 is 0 Å². The molecule has 0 spiro atoms. The highest BCUT2D eigenvalue weighted by molar-refractivity contribution is 5.39. The van der Waals surface area contributed by atoms with Crippen LogP contribution in [-0.4, -0.2) is 45.2 Å². The number of halogens is 5. The Morgan fingerprint density at radius 1 is 1.12 bits per heavy atom. The van der Waals surface area contributed by atoms with E-state index < -0.39 is 60.9 Å². The molecule has 3 saturated carbocycles. The molecule has 3 aliphatic carbocycles. The molecule has 0 aromatic heterocycles. The molecule has 40 heavy (non-hydrogen) atoms. The standard InChI is InChI=1S/C32H47F5O3/c1-21-23(19-24(38)20-26(21)33)11-10-22-9-6-17-30(5)25(22)12-13-27(30)29(4,15-7-14-28(2,3)39)16-8-18-31(34,40)32(35,36)37/h8,10-11,18,24-27,38-40H,1,6-7,9,12-17,19-20H2,2-5H3/t24-,25?,26+,27-,29-,30+,31?/m1/s1/i2D3,3D3. The van der Waals surface area contributed by atoms with Crippen molar-refractivity contribution < 1.29 is 45.5 Å². The smallest absolute Gasteiger partial charge is 0.393 e. The molecule has 0 aromatic carbocycles. The van der Waals surface area contributed by atoms with E-state index in [2.05, 4.69) is 13.5 Å². The minimum atomic E-state index is -5.56. The van der Waals surface area contributed by atoms with Gasteiger partial charge in [0.25, 0.3) is 0 Å². The molecule has 8 heteroatoms. The van der Waals surface area contributed by atoms with Gasteiger partial charge in [-0.3, -0.25) is 0 Å². The first-order chi connectivity index (χ1) is 20.8. The molecule has 0 saturated heterocycles. The molecule has 0 amide bonds. The zero-order valence-electron chi connectivity index (χ0n) is 29.3. The van der Waals surface area contributed by atoms with Crippen molar-refractivity contribution in [2.45, 2.75) is 128 Å². The van der Waals surface area contributed by atoms with E-state index in [4.69, 9.17) is 8.22 Å². The van der Waals surface area contributed by atoms with Gasteiger partial charge in [0.05, 0.1) is 11.7 Å². The van der Waals surface area contributed by atoms with Gasteiger partial charge in [0.1, 0.15) is 6.17 Å². The molecule has 0 aliphatic heterocycles. The second kappa shape index (κ2) is 12.0. The predicted molar refractivity (Wildman–Crippen MR) is 148 cm³/mol. The number of rotatable bonds is 9. The zero-order valence-corrected chi connectivity index (χ0v) is 23.3. The van der Waals surface area contributed by atoms with Gasteiger partial charge in [0, 0.05) is 14.6 Å². The average Bonchev–Trinajstić information content (AvgIpc) is 3.26. The summed E-state index contributed by atoms with van der Waals surface area (Å²) in [5.74, 6) is -4.69. The Kier molecular flexibility index (Phi) is 7.51. The van der Waals surface area contributed by atoms with Gasteiger partial charge in [-0.2, -0.15) is 17.6 Å². The monoisotopic (exact) mass is 580 g/mol. The Morgan fingerprint density at radius 3 is 2.48 bits per heavy atom. The lowest BCUT2D eigenvalue weighted by atomic mass is 9.55. The third-order valence-electron chi connectivity index (χ3n) is 9.64. The van der Waals surface area contributed by atoms with Crippen molar-refractivity contribution in [3.05, 3.63) is 47.6 Å². The first-order valence-corrected chi connectivity index (χ1v) is 14.1. The number of hydrogen-bond donors (Lipinski definition) is 3. The van der Waals surface area contributed by atoms with Gasteiger partial charge < -0.3 is 15.3 Å². The molecular weight excluding hydrogens is 527 g/mol. The minimum absolute atomic E-state index is 0.00104. The maximum Gasteiger partial charge on any atom is 0.452 e. The van der Waals surface area contributed by atoms with Gasteiger partial charge in [-0.05, 0) is 111 Å². The summed E-state index contributed by atoms with van der Waals surface area (Å²) in [7, 11) is 0. The summed E-state index contributed by atoms with van der Waals surface area (Å²) in [6, 6.07) is 0. The molecule has 0 bridgehead atoms. The molecule has 2 unspecified atom stereocenters. The number of hydrogen-bond acceptors (Lipinski definition) is 3. The topological polar surface area (TPSA) is 60.7 Å². The lowest BCUT2D eigenvalue weighted by Gasteiger charge is -2.49. The van der Waals surface area contributed by atoms with Crippen LogP contribution in [0, 0.1) is 22.7 Å². The van der Waals surface area contributed by atoms with Crippen molar-refractivity contribution in [1.82, 2.24) is 0 Å². The molecule has 0 heterocycles. The average molecular weight is 581 g/mol. The number of aliphatic hydroxyl groups excluding tert-OH is 1. The molecule has 3 rings (SSSR count). The first-order valence-electron chi connectivity index (χ1n) is 17.1. The van der Waals surface area contributed by atoms with Gasteiger partial charge in [-0.15, -0.1) is 0 Å². The predicted octanol–water partition coefficient (Wildman–Crippen LogP) is 8.22. The Hall–Kier alpha value is -1.51. The van der Waals surface area contributed by atoms with Crippen LogP contribution in [0.5, 0.6) is 0 Å². The van der Waals surface area contributed by atoms with Crippen molar-refractivity contribution in [2.75, 3.05) is 0 Å². The van der Waals surface area contributed by atoms with E-state index in [9.17, 15) is 37.3 Å². The van der Waals surface area contributed by atoms with Crippen LogP contribution in [0.3, 0.4) is 0 Å². The fourth-order valence-electron chi connectivity index (χ4n) is 7.56. The van der Waals surface area contributed by atoms with Crippen LogP contribution < -0.4 is 0 Å². The van der Waals surface area contributed by atoms with Gasteiger partial charge in [-0.1, -0.05) is 50.6 Å². The quantitative estimate of drug-likeness (QED) is 0.190. The molecule has 3 N–H and O–H groups in total. The molecule has 3 aliphatic rings. The van der Waals surface area contributed by atoms with Crippen LogP contribution in [0.1, 0.15) is 106 Å². The molecule has 0 aromatic rings. The third kappa shape index (κ3) is 7.46. The Labute approximate surface area is 244 Å². The molecule has 3 fully saturated rings. The third-order valence-corrected chi connectivity index (χ3v) is 9.64. The zero-order chi connectivity index (χ0) is 35.1. The van der Waals surface area contributed by atoms with Crippen molar-refractivity contribution in [1.29, 1.82) is 0 Å². The minimum Gasteiger partial charge on any atom is -0.393 e. The van der Waals surface area contributed by atoms with E-state index in [-0.39, 0.29) is 50.0 Å². The summed E-state index contributed by atoms with van der Waals surface area (Å²) >= 11 is 0. The largest absolute Gasteiger partial charge is 0.452 e. The highest BCUT2D eigenvalue weighted by atomic mass is 19.4. The number of allylic oxidation sites excluding steroid dienone is 5. The van der Waals surface area contributed by atoms with Crippen LogP contribution in [0.4, 0.5) is 22.0 Å². The molecule has 0 radical (unpaired) electrons. The molecule has 3 nitrogen and oxygen atoms in total. The van der Waals surface area contributed by atoms with Gasteiger partial charge >= 0.3 is 12.0 Å². The fourth-order valence-corrected chi connectivity index (χ4v) is 7.56. The summed E-state index contributed by atoms with van der Waals surface area (Å²) in [5.41, 5.74) is -2.20. The van der Waals surface area contributed by atoms with Crippen LogP contribution in [-0.2, 0) is 0 Å². The maximum atomic E-state index is 14.3. The Morgan fingerprint density at radius 2 is 1.82 bits per heavy atom. The molecular formula is C32H47F5O3. The number of fused-ring (bicyclic) bond motifs is 1. The summed E-state index contributed by atoms with van der Waals surface area (Å²) in [5, 5.41) is 30.2. The summed E-state index contributed by atoms with van der Waals surface area (Å²) < 4.78 is 114.